The molecule has 0 atom stereocenters. The predicted octanol–water partition coefficient (Wildman–Crippen LogP) is 2.36. The summed E-state index contributed by atoms with van der Waals surface area (Å²) >= 11 is 1.46. The van der Waals surface area contributed by atoms with Crippen LogP contribution < -0.4 is 5.32 Å². The molecule has 0 aliphatic carbocycles. The molecule has 0 unspecified atom stereocenters. The molecule has 0 bridgehead atoms. The molecule has 2 rings (SSSR count). The Morgan fingerprint density at radius 2 is 2.25 bits per heavy atom. The second-order valence-electron chi connectivity index (χ2n) is 3.42. The summed E-state index contributed by atoms with van der Waals surface area (Å²) < 4.78 is 37.7. The topological polar surface area (TPSA) is 29.3 Å². The quantitative estimate of drug-likeness (QED) is 0.904. The van der Waals surface area contributed by atoms with Gasteiger partial charge in [-0.25, -0.2) is 4.98 Å². The first-order valence-corrected chi connectivity index (χ1v) is 5.54. The first-order valence-electron chi connectivity index (χ1n) is 4.66. The van der Waals surface area contributed by atoms with E-state index in [2.05, 4.69) is 10.3 Å². The van der Waals surface area contributed by atoms with Crippen molar-refractivity contribution in [2.75, 3.05) is 6.54 Å². The second kappa shape index (κ2) is 4.06. The molecule has 2 aromatic heterocycles. The summed E-state index contributed by atoms with van der Waals surface area (Å²) in [6.07, 6.45) is -2.36. The van der Waals surface area contributed by atoms with Gasteiger partial charge in [0.25, 0.3) is 0 Å². The van der Waals surface area contributed by atoms with Crippen molar-refractivity contribution < 1.29 is 13.2 Å². The number of hydrogen-bond acceptors (Lipinski definition) is 3. The van der Waals surface area contributed by atoms with Gasteiger partial charge in [-0.1, -0.05) is 0 Å². The van der Waals surface area contributed by atoms with E-state index in [1.807, 2.05) is 16.0 Å². The molecule has 0 amide bonds. The van der Waals surface area contributed by atoms with Crippen LogP contribution in [0, 0.1) is 6.92 Å². The highest BCUT2D eigenvalue weighted by molar-refractivity contribution is 7.15. The van der Waals surface area contributed by atoms with Crippen molar-refractivity contribution >= 4 is 16.3 Å². The third kappa shape index (κ3) is 2.35. The first-order chi connectivity index (χ1) is 7.47. The zero-order chi connectivity index (χ0) is 11.8. The number of aryl methyl sites for hydroxylation is 1. The molecule has 88 valence electrons. The van der Waals surface area contributed by atoms with Gasteiger partial charge in [0, 0.05) is 18.1 Å². The van der Waals surface area contributed by atoms with Gasteiger partial charge < -0.3 is 5.32 Å². The van der Waals surface area contributed by atoms with Crippen LogP contribution in [0.4, 0.5) is 13.2 Å². The zero-order valence-electron chi connectivity index (χ0n) is 8.51. The minimum atomic E-state index is -4.17. The van der Waals surface area contributed by atoms with Gasteiger partial charge in [0.2, 0.25) is 0 Å². The number of nitrogens with zero attached hydrogens (tertiary/aromatic N) is 2. The van der Waals surface area contributed by atoms with E-state index in [4.69, 9.17) is 0 Å². The van der Waals surface area contributed by atoms with Crippen molar-refractivity contribution in [3.63, 3.8) is 0 Å². The molecule has 0 saturated carbocycles. The lowest BCUT2D eigenvalue weighted by Crippen LogP contribution is -2.28. The van der Waals surface area contributed by atoms with Crippen molar-refractivity contribution in [3.8, 4) is 0 Å². The fourth-order valence-corrected chi connectivity index (χ4v) is 2.25. The Morgan fingerprint density at radius 1 is 1.50 bits per heavy atom. The Labute approximate surface area is 93.9 Å². The Balaban J connectivity index is 2.09. The average molecular weight is 249 g/mol. The Kier molecular flexibility index (Phi) is 2.90. The molecule has 3 nitrogen and oxygen atoms in total. The van der Waals surface area contributed by atoms with Crippen LogP contribution >= 0.6 is 11.3 Å². The maximum absolute atomic E-state index is 12.0. The van der Waals surface area contributed by atoms with Gasteiger partial charge in [-0.15, -0.1) is 11.3 Å². The van der Waals surface area contributed by atoms with Crippen LogP contribution in [-0.4, -0.2) is 22.1 Å². The number of rotatable bonds is 3. The number of aromatic nitrogens is 2. The fourth-order valence-electron chi connectivity index (χ4n) is 1.48. The van der Waals surface area contributed by atoms with Crippen LogP contribution in [0.15, 0.2) is 11.6 Å². The summed E-state index contributed by atoms with van der Waals surface area (Å²) in [6.45, 7) is 0.984. The van der Waals surface area contributed by atoms with E-state index < -0.39 is 12.7 Å². The van der Waals surface area contributed by atoms with Gasteiger partial charge in [0.1, 0.15) is 0 Å². The summed E-state index contributed by atoms with van der Waals surface area (Å²) in [7, 11) is 0. The Hall–Kier alpha value is -1.08. The number of imidazole rings is 1. The molecule has 16 heavy (non-hydrogen) atoms. The van der Waals surface area contributed by atoms with E-state index in [-0.39, 0.29) is 6.54 Å². The number of hydrogen-bond donors (Lipinski definition) is 1. The van der Waals surface area contributed by atoms with Crippen LogP contribution in [0.5, 0.6) is 0 Å². The average Bonchev–Trinajstić information content (AvgIpc) is 2.67. The van der Waals surface area contributed by atoms with Crippen LogP contribution in [-0.2, 0) is 6.54 Å². The number of fused-ring (bicyclic) bond motifs is 1. The van der Waals surface area contributed by atoms with Crippen molar-refractivity contribution in [1.82, 2.24) is 14.7 Å². The highest BCUT2D eigenvalue weighted by Gasteiger charge is 2.26. The third-order valence-electron chi connectivity index (χ3n) is 2.18. The standard InChI is InChI=1S/C9H10F3N3S/c1-6-7(4-13-5-9(10,11)12)15-2-3-16-8(15)14-6/h2-3,13H,4-5H2,1H3. The van der Waals surface area contributed by atoms with Crippen LogP contribution in [0.25, 0.3) is 4.96 Å². The monoisotopic (exact) mass is 249 g/mol. The summed E-state index contributed by atoms with van der Waals surface area (Å²) in [4.78, 5) is 5.06. The van der Waals surface area contributed by atoms with Crippen LogP contribution in [0.1, 0.15) is 11.4 Å². The highest BCUT2D eigenvalue weighted by atomic mass is 32.1. The van der Waals surface area contributed by atoms with Crippen LogP contribution in [0.2, 0.25) is 0 Å². The highest BCUT2D eigenvalue weighted by Crippen LogP contribution is 2.17. The van der Waals surface area contributed by atoms with E-state index in [9.17, 15) is 13.2 Å². The molecule has 7 heteroatoms. The molecule has 0 saturated heterocycles. The van der Waals surface area contributed by atoms with Gasteiger partial charge in [-0.3, -0.25) is 4.40 Å². The molecule has 2 aromatic rings. The maximum Gasteiger partial charge on any atom is 0.401 e. The van der Waals surface area contributed by atoms with E-state index in [0.29, 0.717) is 0 Å². The predicted molar refractivity (Wildman–Crippen MR) is 55.6 cm³/mol. The number of halogens is 3. The third-order valence-corrected chi connectivity index (χ3v) is 2.94. The summed E-state index contributed by atoms with van der Waals surface area (Å²) in [5.41, 5.74) is 1.54. The van der Waals surface area contributed by atoms with E-state index in [1.165, 1.54) is 11.3 Å². The summed E-state index contributed by atoms with van der Waals surface area (Å²) in [5, 5.41) is 4.23. The Morgan fingerprint density at radius 3 is 2.94 bits per heavy atom. The van der Waals surface area contributed by atoms with Crippen LogP contribution in [0.3, 0.4) is 0 Å². The largest absolute Gasteiger partial charge is 0.401 e. The summed E-state index contributed by atoms with van der Waals surface area (Å²) in [5.74, 6) is 0. The lowest BCUT2D eigenvalue weighted by atomic mass is 10.3. The van der Waals surface area contributed by atoms with Gasteiger partial charge in [0.15, 0.2) is 4.96 Å². The Bertz CT molecular complexity index is 486. The molecule has 0 aliphatic rings. The molecule has 2 heterocycles. The maximum atomic E-state index is 12.0. The molecular weight excluding hydrogens is 239 g/mol. The molecule has 0 aliphatic heterocycles. The number of nitrogens with one attached hydrogen (secondary N) is 1. The van der Waals surface area contributed by atoms with Crippen molar-refractivity contribution in [1.29, 1.82) is 0 Å². The summed E-state index contributed by atoms with van der Waals surface area (Å²) in [6, 6.07) is 0. The lowest BCUT2D eigenvalue weighted by molar-refractivity contribution is -0.125. The van der Waals surface area contributed by atoms with Crippen molar-refractivity contribution in [2.24, 2.45) is 0 Å². The molecule has 0 spiro atoms. The van der Waals surface area contributed by atoms with Gasteiger partial charge in [-0.2, -0.15) is 13.2 Å². The normalized spacial score (nSPS) is 12.5. The zero-order valence-corrected chi connectivity index (χ0v) is 9.32. The second-order valence-corrected chi connectivity index (χ2v) is 4.29. The number of alkyl halides is 3. The minimum absolute atomic E-state index is 0.170. The molecule has 0 radical (unpaired) electrons. The smallest absolute Gasteiger partial charge is 0.303 e. The van der Waals surface area contributed by atoms with E-state index in [1.54, 1.807) is 6.92 Å². The number of thiazole rings is 1. The molecule has 1 N–H and O–H groups in total. The molecular formula is C9H10F3N3S. The fraction of sp³-hybridized carbons (Fsp3) is 0.444. The van der Waals surface area contributed by atoms with E-state index in [0.717, 1.165) is 16.3 Å². The van der Waals surface area contributed by atoms with Gasteiger partial charge in [0.05, 0.1) is 17.9 Å². The lowest BCUT2D eigenvalue weighted by Gasteiger charge is -2.07. The minimum Gasteiger partial charge on any atom is -0.303 e. The van der Waals surface area contributed by atoms with Crippen molar-refractivity contribution in [2.45, 2.75) is 19.6 Å². The molecule has 0 fully saturated rings. The van der Waals surface area contributed by atoms with Gasteiger partial charge in [-0.05, 0) is 6.92 Å². The first kappa shape index (κ1) is 11.4. The molecule has 0 aromatic carbocycles. The van der Waals surface area contributed by atoms with Crippen molar-refractivity contribution in [3.05, 3.63) is 23.0 Å². The van der Waals surface area contributed by atoms with E-state index >= 15 is 0 Å². The SMILES string of the molecule is Cc1nc2sccn2c1CNCC(F)(F)F. The van der Waals surface area contributed by atoms with Gasteiger partial charge >= 0.3 is 6.18 Å².